The van der Waals surface area contributed by atoms with E-state index in [1.807, 2.05) is 0 Å². The molecule has 0 aliphatic carbocycles. The number of carbonyl (C=O) groups excluding carboxylic acids is 1. The van der Waals surface area contributed by atoms with Gasteiger partial charge in [-0.3, -0.25) is 4.79 Å². The second-order valence-electron chi connectivity index (χ2n) is 4.48. The van der Waals surface area contributed by atoms with E-state index >= 15 is 0 Å². The largest absolute Gasteiger partial charge is 0.506 e. The minimum Gasteiger partial charge on any atom is -0.506 e. The van der Waals surface area contributed by atoms with E-state index in [1.165, 1.54) is 6.07 Å². The normalized spacial score (nSPS) is 16.6. The van der Waals surface area contributed by atoms with Crippen LogP contribution in [0.1, 0.15) is 19.8 Å². The average molecular weight is 250 g/mol. The van der Waals surface area contributed by atoms with Crippen molar-refractivity contribution in [1.29, 1.82) is 0 Å². The van der Waals surface area contributed by atoms with Crippen LogP contribution >= 0.6 is 0 Å². The van der Waals surface area contributed by atoms with E-state index in [9.17, 15) is 9.90 Å². The zero-order valence-electron chi connectivity index (χ0n) is 10.4. The summed E-state index contributed by atoms with van der Waals surface area (Å²) in [6.45, 7) is 3.29. The molecule has 1 atom stereocenters. The van der Waals surface area contributed by atoms with Crippen molar-refractivity contribution in [3.8, 4) is 11.5 Å². The fourth-order valence-corrected chi connectivity index (χ4v) is 2.07. The van der Waals surface area contributed by atoms with Gasteiger partial charge in [-0.1, -0.05) is 6.07 Å². The zero-order valence-corrected chi connectivity index (χ0v) is 10.4. The van der Waals surface area contributed by atoms with Crippen molar-refractivity contribution < 1.29 is 14.6 Å². The van der Waals surface area contributed by atoms with Gasteiger partial charge in [0.25, 0.3) is 5.91 Å². The van der Waals surface area contributed by atoms with Gasteiger partial charge in [-0.05, 0) is 31.9 Å². The number of ether oxygens (including phenoxy) is 1. The third-order valence-electron chi connectivity index (χ3n) is 3.11. The number of benzene rings is 1. The third kappa shape index (κ3) is 2.50. The van der Waals surface area contributed by atoms with E-state index in [2.05, 4.69) is 0 Å². The predicted octanol–water partition coefficient (Wildman–Crippen LogP) is 1.36. The molecule has 1 amide bonds. The molecule has 0 radical (unpaired) electrons. The van der Waals surface area contributed by atoms with Crippen molar-refractivity contribution in [2.45, 2.75) is 25.9 Å². The fourth-order valence-electron chi connectivity index (χ4n) is 2.07. The van der Waals surface area contributed by atoms with Crippen molar-refractivity contribution in [3.63, 3.8) is 0 Å². The highest BCUT2D eigenvalue weighted by Crippen LogP contribution is 2.30. The number of hydrogen-bond acceptors (Lipinski definition) is 4. The number of likely N-dealkylation sites (tertiary alicyclic amines) is 1. The smallest absolute Gasteiger partial charge is 0.263 e. The molecule has 98 valence electrons. The van der Waals surface area contributed by atoms with Crippen molar-refractivity contribution in [2.24, 2.45) is 0 Å². The number of nitrogen functional groups attached to an aromatic ring is 1. The molecule has 1 aromatic carbocycles. The fraction of sp³-hybridized carbons (Fsp3) is 0.462. The van der Waals surface area contributed by atoms with Crippen LogP contribution in [0, 0.1) is 0 Å². The molecule has 18 heavy (non-hydrogen) atoms. The summed E-state index contributed by atoms with van der Waals surface area (Å²) < 4.78 is 5.52. The molecule has 1 aromatic rings. The van der Waals surface area contributed by atoms with Gasteiger partial charge in [0.05, 0.1) is 0 Å². The minimum atomic E-state index is -0.591. The maximum Gasteiger partial charge on any atom is 0.263 e. The van der Waals surface area contributed by atoms with Gasteiger partial charge in [0.2, 0.25) is 0 Å². The van der Waals surface area contributed by atoms with Gasteiger partial charge in [-0.2, -0.15) is 0 Å². The first-order chi connectivity index (χ1) is 8.59. The molecule has 1 saturated heterocycles. The molecule has 5 nitrogen and oxygen atoms in total. The quantitative estimate of drug-likeness (QED) is 0.627. The number of amides is 1. The molecule has 0 aromatic heterocycles. The standard InChI is InChI=1S/C13H18N2O3/c1-9(13(17)15-7-2-3-8-15)18-11-6-4-5-10(16)12(11)14/h4-6,9,16H,2-3,7-8,14H2,1H3. The summed E-state index contributed by atoms with van der Waals surface area (Å²) in [4.78, 5) is 13.8. The van der Waals surface area contributed by atoms with Crippen molar-refractivity contribution in [2.75, 3.05) is 18.8 Å². The summed E-state index contributed by atoms with van der Waals surface area (Å²) in [5, 5.41) is 9.46. The summed E-state index contributed by atoms with van der Waals surface area (Å²) in [6, 6.07) is 4.76. The third-order valence-corrected chi connectivity index (χ3v) is 3.11. The van der Waals surface area contributed by atoms with E-state index < -0.39 is 6.10 Å². The molecular weight excluding hydrogens is 232 g/mol. The highest BCUT2D eigenvalue weighted by atomic mass is 16.5. The maximum absolute atomic E-state index is 12.0. The molecule has 1 aliphatic rings. The topological polar surface area (TPSA) is 75.8 Å². The van der Waals surface area contributed by atoms with Crippen LogP contribution in [0.4, 0.5) is 5.69 Å². The lowest BCUT2D eigenvalue weighted by Crippen LogP contribution is -2.38. The molecule has 5 heteroatoms. The van der Waals surface area contributed by atoms with Crippen molar-refractivity contribution in [3.05, 3.63) is 18.2 Å². The van der Waals surface area contributed by atoms with E-state index in [-0.39, 0.29) is 17.3 Å². The Morgan fingerprint density at radius 2 is 2.11 bits per heavy atom. The summed E-state index contributed by atoms with van der Waals surface area (Å²) in [7, 11) is 0. The Bertz CT molecular complexity index is 442. The lowest BCUT2D eigenvalue weighted by atomic mass is 10.2. The van der Waals surface area contributed by atoms with Gasteiger partial charge in [0, 0.05) is 13.1 Å². The number of anilines is 1. The Morgan fingerprint density at radius 3 is 2.78 bits per heavy atom. The van der Waals surface area contributed by atoms with E-state index in [1.54, 1.807) is 24.0 Å². The van der Waals surface area contributed by atoms with E-state index in [4.69, 9.17) is 10.5 Å². The minimum absolute atomic E-state index is 0.0322. The molecule has 2 rings (SSSR count). The molecule has 3 N–H and O–H groups in total. The molecule has 1 fully saturated rings. The lowest BCUT2D eigenvalue weighted by Gasteiger charge is -2.21. The lowest BCUT2D eigenvalue weighted by molar-refractivity contribution is -0.136. The number of phenolic OH excluding ortho intramolecular Hbond substituents is 1. The summed E-state index contributed by atoms with van der Waals surface area (Å²) in [5.74, 6) is 0.276. The highest BCUT2D eigenvalue weighted by Gasteiger charge is 2.25. The number of nitrogens with two attached hydrogens (primary N) is 1. The molecule has 1 heterocycles. The zero-order chi connectivity index (χ0) is 13.1. The Balaban J connectivity index is 2.04. The first-order valence-electron chi connectivity index (χ1n) is 6.12. The van der Waals surface area contributed by atoms with E-state index in [0.717, 1.165) is 25.9 Å². The summed E-state index contributed by atoms with van der Waals surface area (Å²) in [5.41, 5.74) is 5.85. The SMILES string of the molecule is CC(Oc1cccc(O)c1N)C(=O)N1CCCC1. The Hall–Kier alpha value is -1.91. The number of aromatic hydroxyl groups is 1. The number of para-hydroxylation sites is 1. The molecular formula is C13H18N2O3. The Morgan fingerprint density at radius 1 is 1.44 bits per heavy atom. The van der Waals surface area contributed by atoms with E-state index in [0.29, 0.717) is 5.75 Å². The van der Waals surface area contributed by atoms with Crippen LogP contribution in [0.5, 0.6) is 11.5 Å². The van der Waals surface area contributed by atoms with Gasteiger partial charge in [0.1, 0.15) is 17.2 Å². The number of rotatable bonds is 3. The molecule has 0 bridgehead atoms. The van der Waals surface area contributed by atoms with Crippen molar-refractivity contribution in [1.82, 2.24) is 4.90 Å². The van der Waals surface area contributed by atoms with Gasteiger partial charge >= 0.3 is 0 Å². The van der Waals surface area contributed by atoms with Gasteiger partial charge in [-0.15, -0.1) is 0 Å². The van der Waals surface area contributed by atoms with Gasteiger partial charge in [-0.25, -0.2) is 0 Å². The first-order valence-corrected chi connectivity index (χ1v) is 6.12. The summed E-state index contributed by atoms with van der Waals surface area (Å²) >= 11 is 0. The second kappa shape index (κ2) is 5.16. The van der Waals surface area contributed by atoms with Crippen LogP contribution in [0.15, 0.2) is 18.2 Å². The summed E-state index contributed by atoms with van der Waals surface area (Å²) in [6.07, 6.45) is 1.51. The molecule has 1 unspecified atom stereocenters. The maximum atomic E-state index is 12.0. The monoisotopic (exact) mass is 250 g/mol. The number of hydrogen-bond donors (Lipinski definition) is 2. The average Bonchev–Trinajstić information content (AvgIpc) is 2.87. The van der Waals surface area contributed by atoms with Crippen molar-refractivity contribution >= 4 is 11.6 Å². The molecule has 1 aliphatic heterocycles. The number of nitrogens with zero attached hydrogens (tertiary/aromatic N) is 1. The number of carbonyl (C=O) groups is 1. The first kappa shape index (κ1) is 12.5. The van der Waals surface area contributed by atoms with Gasteiger partial charge in [0.15, 0.2) is 6.10 Å². The van der Waals surface area contributed by atoms with Crippen LogP contribution in [0.2, 0.25) is 0 Å². The Labute approximate surface area is 106 Å². The predicted molar refractivity (Wildman–Crippen MR) is 68.4 cm³/mol. The van der Waals surface area contributed by atoms with Crippen LogP contribution < -0.4 is 10.5 Å². The van der Waals surface area contributed by atoms with Crippen LogP contribution in [-0.4, -0.2) is 35.1 Å². The van der Waals surface area contributed by atoms with Gasteiger partial charge < -0.3 is 20.5 Å². The van der Waals surface area contributed by atoms with Crippen LogP contribution in [-0.2, 0) is 4.79 Å². The molecule has 0 spiro atoms. The Kier molecular flexibility index (Phi) is 3.60. The highest BCUT2D eigenvalue weighted by molar-refractivity contribution is 5.81. The number of phenols is 1. The second-order valence-corrected chi connectivity index (χ2v) is 4.48. The van der Waals surface area contributed by atoms with Crippen LogP contribution in [0.25, 0.3) is 0 Å². The molecule has 0 saturated carbocycles. The van der Waals surface area contributed by atoms with Crippen LogP contribution in [0.3, 0.4) is 0 Å².